The van der Waals surface area contributed by atoms with E-state index < -0.39 is 30.4 Å². The molecular formula is C12H10ClN3O5. The maximum absolute atomic E-state index is 11.6. The molecule has 2 amide bonds. The van der Waals surface area contributed by atoms with Gasteiger partial charge in [0.15, 0.2) is 0 Å². The summed E-state index contributed by atoms with van der Waals surface area (Å²) >= 11 is 5.82. The molecule has 0 aliphatic heterocycles. The molecule has 8 nitrogen and oxygen atoms in total. The molecule has 0 unspecified atom stereocenters. The van der Waals surface area contributed by atoms with Crippen molar-refractivity contribution in [3.63, 3.8) is 0 Å². The Balaban J connectivity index is 2.79. The van der Waals surface area contributed by atoms with Crippen LogP contribution in [0, 0.1) is 11.3 Å². The first-order valence-electron chi connectivity index (χ1n) is 5.55. The van der Waals surface area contributed by atoms with Crippen molar-refractivity contribution in [2.75, 3.05) is 5.32 Å². The molecule has 0 fully saturated rings. The molecule has 0 heterocycles. The van der Waals surface area contributed by atoms with Gasteiger partial charge in [0, 0.05) is 0 Å². The summed E-state index contributed by atoms with van der Waals surface area (Å²) in [5.41, 5.74) is 0.350. The highest BCUT2D eigenvalue weighted by atomic mass is 35.5. The summed E-state index contributed by atoms with van der Waals surface area (Å²) < 4.78 is 0. The summed E-state index contributed by atoms with van der Waals surface area (Å²) in [5.74, 6) is -2.85. The Kier molecular flexibility index (Phi) is 5.51. The number of carboxylic acids is 2. The number of halogens is 1. The van der Waals surface area contributed by atoms with Crippen LogP contribution in [0.2, 0.25) is 5.02 Å². The van der Waals surface area contributed by atoms with Gasteiger partial charge in [-0.1, -0.05) is 11.6 Å². The SMILES string of the molecule is N#Cc1ccc(Cl)c(NC(=O)N[C@@H](CC(=O)O)C(=O)O)c1. The van der Waals surface area contributed by atoms with Crippen molar-refractivity contribution in [2.45, 2.75) is 12.5 Å². The lowest BCUT2D eigenvalue weighted by Crippen LogP contribution is -2.44. The van der Waals surface area contributed by atoms with Crippen molar-refractivity contribution >= 4 is 35.3 Å². The highest BCUT2D eigenvalue weighted by Crippen LogP contribution is 2.22. The van der Waals surface area contributed by atoms with Gasteiger partial charge in [0.25, 0.3) is 0 Å². The van der Waals surface area contributed by atoms with Crippen LogP contribution in [-0.4, -0.2) is 34.2 Å². The zero-order valence-electron chi connectivity index (χ0n) is 10.5. The first-order chi connectivity index (χ1) is 9.83. The number of carboxylic acid groups (broad SMARTS) is 2. The van der Waals surface area contributed by atoms with Crippen molar-refractivity contribution in [3.8, 4) is 6.07 Å². The van der Waals surface area contributed by atoms with E-state index in [-0.39, 0.29) is 16.3 Å². The van der Waals surface area contributed by atoms with Crippen LogP contribution in [0.4, 0.5) is 10.5 Å². The third-order valence-corrected chi connectivity index (χ3v) is 2.66. The average Bonchev–Trinajstić information content (AvgIpc) is 2.39. The van der Waals surface area contributed by atoms with Gasteiger partial charge in [0.05, 0.1) is 28.8 Å². The maximum Gasteiger partial charge on any atom is 0.326 e. The molecule has 0 aromatic heterocycles. The standard InChI is InChI=1S/C12H10ClN3O5/c13-7-2-1-6(5-14)3-8(7)15-12(21)16-9(11(19)20)4-10(17)18/h1-3,9H,4H2,(H,17,18)(H,19,20)(H2,15,16,21)/t9-/m0/s1. The zero-order valence-corrected chi connectivity index (χ0v) is 11.2. The molecular weight excluding hydrogens is 302 g/mol. The van der Waals surface area contributed by atoms with E-state index in [0.29, 0.717) is 0 Å². The molecule has 0 saturated carbocycles. The van der Waals surface area contributed by atoms with Crippen LogP contribution in [0.15, 0.2) is 18.2 Å². The minimum Gasteiger partial charge on any atom is -0.481 e. The van der Waals surface area contributed by atoms with Crippen LogP contribution >= 0.6 is 11.6 Å². The summed E-state index contributed by atoms with van der Waals surface area (Å²) in [6.45, 7) is 0. The Hall–Kier alpha value is -2.79. The fourth-order valence-corrected chi connectivity index (χ4v) is 1.55. The monoisotopic (exact) mass is 311 g/mol. The number of benzene rings is 1. The number of nitrogens with zero attached hydrogens (tertiary/aromatic N) is 1. The minimum absolute atomic E-state index is 0.104. The van der Waals surface area contributed by atoms with Gasteiger partial charge in [-0.15, -0.1) is 0 Å². The molecule has 4 N–H and O–H groups in total. The van der Waals surface area contributed by atoms with Gasteiger partial charge in [0.2, 0.25) is 0 Å². The summed E-state index contributed by atoms with van der Waals surface area (Å²) in [5, 5.41) is 30.5. The highest BCUT2D eigenvalue weighted by molar-refractivity contribution is 6.33. The Bertz CT molecular complexity index is 626. The van der Waals surface area contributed by atoms with Crippen molar-refractivity contribution < 1.29 is 24.6 Å². The topological polar surface area (TPSA) is 140 Å². The van der Waals surface area contributed by atoms with Crippen LogP contribution in [0.25, 0.3) is 0 Å². The Morgan fingerprint density at radius 3 is 2.52 bits per heavy atom. The number of nitrogens with one attached hydrogen (secondary N) is 2. The smallest absolute Gasteiger partial charge is 0.326 e. The number of urea groups is 1. The number of amides is 2. The second kappa shape index (κ2) is 7.12. The fourth-order valence-electron chi connectivity index (χ4n) is 1.38. The molecule has 0 saturated heterocycles. The summed E-state index contributed by atoms with van der Waals surface area (Å²) in [4.78, 5) is 33.0. The van der Waals surface area contributed by atoms with Gasteiger partial charge in [-0.2, -0.15) is 5.26 Å². The normalized spacial score (nSPS) is 11.0. The second-order valence-corrected chi connectivity index (χ2v) is 4.30. The highest BCUT2D eigenvalue weighted by Gasteiger charge is 2.23. The molecule has 1 rings (SSSR count). The summed E-state index contributed by atoms with van der Waals surface area (Å²) in [7, 11) is 0. The molecule has 21 heavy (non-hydrogen) atoms. The number of carbonyl (C=O) groups is 3. The number of aliphatic carboxylic acids is 2. The number of hydrogen-bond donors (Lipinski definition) is 4. The molecule has 0 aliphatic rings. The van der Waals surface area contributed by atoms with Gasteiger partial charge in [-0.05, 0) is 18.2 Å². The van der Waals surface area contributed by atoms with E-state index in [1.165, 1.54) is 18.2 Å². The van der Waals surface area contributed by atoms with Crippen LogP contribution < -0.4 is 10.6 Å². The quantitative estimate of drug-likeness (QED) is 0.645. The Labute approximate surface area is 123 Å². The first kappa shape index (κ1) is 16.3. The number of nitriles is 1. The molecule has 110 valence electrons. The minimum atomic E-state index is -1.58. The molecule has 0 radical (unpaired) electrons. The molecule has 9 heteroatoms. The predicted molar refractivity (Wildman–Crippen MR) is 72.0 cm³/mol. The lowest BCUT2D eigenvalue weighted by atomic mass is 10.2. The van der Waals surface area contributed by atoms with E-state index >= 15 is 0 Å². The van der Waals surface area contributed by atoms with E-state index in [2.05, 4.69) is 5.32 Å². The van der Waals surface area contributed by atoms with Gasteiger partial charge in [-0.3, -0.25) is 4.79 Å². The van der Waals surface area contributed by atoms with Crippen LogP contribution in [-0.2, 0) is 9.59 Å². The van der Waals surface area contributed by atoms with Crippen LogP contribution in [0.3, 0.4) is 0 Å². The average molecular weight is 312 g/mol. The first-order valence-corrected chi connectivity index (χ1v) is 5.93. The van der Waals surface area contributed by atoms with Crippen LogP contribution in [0.1, 0.15) is 12.0 Å². The van der Waals surface area contributed by atoms with E-state index in [9.17, 15) is 14.4 Å². The van der Waals surface area contributed by atoms with Gasteiger partial charge in [0.1, 0.15) is 6.04 Å². The molecule has 1 aromatic rings. The second-order valence-electron chi connectivity index (χ2n) is 3.89. The van der Waals surface area contributed by atoms with E-state index in [1.807, 2.05) is 11.4 Å². The molecule has 0 aliphatic carbocycles. The van der Waals surface area contributed by atoms with Gasteiger partial charge >= 0.3 is 18.0 Å². The largest absolute Gasteiger partial charge is 0.481 e. The molecule has 1 aromatic carbocycles. The molecule has 1 atom stereocenters. The van der Waals surface area contributed by atoms with E-state index in [4.69, 9.17) is 27.1 Å². The zero-order chi connectivity index (χ0) is 16.0. The number of rotatable bonds is 5. The summed E-state index contributed by atoms with van der Waals surface area (Å²) in [6.07, 6.45) is -0.769. The summed E-state index contributed by atoms with van der Waals surface area (Å²) in [6, 6.07) is 3.46. The number of anilines is 1. The van der Waals surface area contributed by atoms with Crippen molar-refractivity contribution in [1.82, 2.24) is 5.32 Å². The predicted octanol–water partition coefficient (Wildman–Crippen LogP) is 1.26. The third kappa shape index (κ3) is 5.00. The van der Waals surface area contributed by atoms with Crippen molar-refractivity contribution in [3.05, 3.63) is 28.8 Å². The van der Waals surface area contributed by atoms with E-state index in [1.54, 1.807) is 0 Å². The third-order valence-electron chi connectivity index (χ3n) is 2.33. The lowest BCUT2D eigenvalue weighted by molar-refractivity contribution is -0.145. The molecule has 0 bridgehead atoms. The van der Waals surface area contributed by atoms with Crippen LogP contribution in [0.5, 0.6) is 0 Å². The Morgan fingerprint density at radius 1 is 1.33 bits per heavy atom. The van der Waals surface area contributed by atoms with E-state index in [0.717, 1.165) is 0 Å². The van der Waals surface area contributed by atoms with Gasteiger partial charge < -0.3 is 20.8 Å². The van der Waals surface area contributed by atoms with Crippen molar-refractivity contribution in [1.29, 1.82) is 5.26 Å². The fraction of sp³-hybridized carbons (Fsp3) is 0.167. The lowest BCUT2D eigenvalue weighted by Gasteiger charge is -2.14. The number of carbonyl (C=O) groups excluding carboxylic acids is 1. The Morgan fingerprint density at radius 2 is 2.00 bits per heavy atom. The van der Waals surface area contributed by atoms with Crippen molar-refractivity contribution in [2.24, 2.45) is 0 Å². The van der Waals surface area contributed by atoms with Gasteiger partial charge in [-0.25, -0.2) is 9.59 Å². The molecule has 0 spiro atoms. The number of hydrogen-bond acceptors (Lipinski definition) is 4. The maximum atomic E-state index is 11.6.